The molecule has 2 atom stereocenters. The second kappa shape index (κ2) is 10.2. The van der Waals surface area contributed by atoms with Gasteiger partial charge in [-0.05, 0) is 65.7 Å². The summed E-state index contributed by atoms with van der Waals surface area (Å²) < 4.78 is 25.4. The average molecular weight is 406 g/mol. The summed E-state index contributed by atoms with van der Waals surface area (Å²) in [4.78, 5) is 6.58. The van der Waals surface area contributed by atoms with Gasteiger partial charge in [-0.25, -0.2) is 0 Å². The van der Waals surface area contributed by atoms with Crippen molar-refractivity contribution in [3.63, 3.8) is 0 Å². The van der Waals surface area contributed by atoms with Crippen LogP contribution in [0.5, 0.6) is 0 Å². The van der Waals surface area contributed by atoms with Crippen LogP contribution in [0.1, 0.15) is 94.4 Å². The zero-order valence-electron chi connectivity index (χ0n) is 19.2. The van der Waals surface area contributed by atoms with E-state index in [0.29, 0.717) is 19.1 Å². The van der Waals surface area contributed by atoms with Gasteiger partial charge in [-0.15, -0.1) is 0 Å². The summed E-state index contributed by atoms with van der Waals surface area (Å²) in [5, 5.41) is 1.93. The van der Waals surface area contributed by atoms with Crippen molar-refractivity contribution in [1.82, 2.24) is 5.06 Å². The van der Waals surface area contributed by atoms with Gasteiger partial charge in [0.2, 0.25) is 0 Å². The molecule has 0 saturated heterocycles. The lowest BCUT2D eigenvalue weighted by Crippen LogP contribution is -2.55. The van der Waals surface area contributed by atoms with E-state index in [1.54, 1.807) is 0 Å². The minimum absolute atomic E-state index is 0.0751. The van der Waals surface area contributed by atoms with Gasteiger partial charge in [0.05, 0.1) is 19.3 Å². The summed E-state index contributed by atoms with van der Waals surface area (Å²) >= 11 is 0. The molecule has 1 rings (SSSR count). The van der Waals surface area contributed by atoms with Gasteiger partial charge in [0, 0.05) is 5.54 Å². The maximum atomic E-state index is 13.8. The zero-order valence-corrected chi connectivity index (χ0v) is 20.1. The van der Waals surface area contributed by atoms with Gasteiger partial charge in [0.25, 0.3) is 0 Å². The molecule has 0 aromatic rings. The molecule has 0 heterocycles. The number of rotatable bonds is 9. The van der Waals surface area contributed by atoms with Crippen molar-refractivity contribution in [2.24, 2.45) is 11.3 Å². The quantitative estimate of drug-likeness (QED) is 0.318. The first kappa shape index (κ1) is 25.1. The maximum Gasteiger partial charge on any atom is 0.350 e. The molecule has 1 saturated carbocycles. The van der Waals surface area contributed by atoms with Crippen molar-refractivity contribution in [2.45, 2.75) is 112 Å². The van der Waals surface area contributed by atoms with Gasteiger partial charge in [0.15, 0.2) is 0 Å². The van der Waals surface area contributed by atoms with Crippen LogP contribution in [-0.4, -0.2) is 35.7 Å². The predicted octanol–water partition coefficient (Wildman–Crippen LogP) is 6.63. The zero-order chi connectivity index (χ0) is 20.9. The largest absolute Gasteiger partial charge is 0.350 e. The van der Waals surface area contributed by atoms with Crippen molar-refractivity contribution in [3.8, 4) is 0 Å². The first-order valence-electron chi connectivity index (χ1n) is 10.7. The van der Waals surface area contributed by atoms with Crippen LogP contribution in [0.4, 0.5) is 0 Å². The smallest absolute Gasteiger partial charge is 0.308 e. The van der Waals surface area contributed by atoms with E-state index in [1.807, 2.05) is 18.9 Å². The summed E-state index contributed by atoms with van der Waals surface area (Å²) in [7, 11) is -3.40. The Balaban J connectivity index is 3.25. The highest BCUT2D eigenvalue weighted by molar-refractivity contribution is 7.54. The van der Waals surface area contributed by atoms with Gasteiger partial charge in [-0.1, -0.05) is 40.0 Å². The fourth-order valence-electron chi connectivity index (χ4n) is 3.94. The van der Waals surface area contributed by atoms with Crippen LogP contribution in [0.15, 0.2) is 0 Å². The summed E-state index contributed by atoms with van der Waals surface area (Å²) in [5.41, 5.74) is -0.690. The lowest BCUT2D eigenvalue weighted by atomic mass is 9.86. The van der Waals surface area contributed by atoms with E-state index in [4.69, 9.17) is 13.9 Å². The van der Waals surface area contributed by atoms with E-state index in [1.165, 1.54) is 32.1 Å². The molecular formula is C21H44NO4P. The highest BCUT2D eigenvalue weighted by Gasteiger charge is 2.51. The monoisotopic (exact) mass is 405 g/mol. The van der Waals surface area contributed by atoms with Crippen molar-refractivity contribution >= 4 is 7.60 Å². The Hall–Kier alpha value is 0.0700. The lowest BCUT2D eigenvalue weighted by Gasteiger charge is -2.49. The van der Waals surface area contributed by atoms with Crippen LogP contribution in [0.3, 0.4) is 0 Å². The van der Waals surface area contributed by atoms with Crippen molar-refractivity contribution in [2.75, 3.05) is 13.2 Å². The van der Waals surface area contributed by atoms with E-state index in [9.17, 15) is 4.57 Å². The maximum absolute atomic E-state index is 13.8. The Labute approximate surface area is 168 Å². The second-order valence-electron chi connectivity index (χ2n) is 9.82. The van der Waals surface area contributed by atoms with Crippen LogP contribution in [0.25, 0.3) is 0 Å². The molecule has 6 heteroatoms. The minimum atomic E-state index is -3.40. The molecule has 1 aliphatic rings. The van der Waals surface area contributed by atoms with Crippen molar-refractivity contribution in [3.05, 3.63) is 0 Å². The Morgan fingerprint density at radius 2 is 1.44 bits per heavy atom. The summed E-state index contributed by atoms with van der Waals surface area (Å²) in [6.45, 7) is 19.1. The van der Waals surface area contributed by atoms with E-state index < -0.39 is 13.4 Å². The molecule has 5 nitrogen and oxygen atoms in total. The first-order chi connectivity index (χ1) is 12.4. The third-order valence-corrected chi connectivity index (χ3v) is 7.99. The van der Waals surface area contributed by atoms with Crippen LogP contribution in [0.2, 0.25) is 0 Å². The third kappa shape index (κ3) is 7.12. The molecule has 0 amide bonds. The molecule has 0 aromatic carbocycles. The number of hydrogen-bond donors (Lipinski definition) is 0. The van der Waals surface area contributed by atoms with Crippen molar-refractivity contribution in [1.29, 1.82) is 0 Å². The lowest BCUT2D eigenvalue weighted by molar-refractivity contribution is -0.273. The van der Waals surface area contributed by atoms with E-state index in [-0.39, 0.29) is 17.1 Å². The van der Waals surface area contributed by atoms with Crippen LogP contribution in [0, 0.1) is 11.3 Å². The summed E-state index contributed by atoms with van der Waals surface area (Å²) in [6, 6.07) is 0. The Kier molecular flexibility index (Phi) is 9.49. The molecular weight excluding hydrogens is 361 g/mol. The highest BCUT2D eigenvalue weighted by Crippen LogP contribution is 2.61. The molecule has 27 heavy (non-hydrogen) atoms. The minimum Gasteiger partial charge on any atom is -0.308 e. The molecule has 0 N–H and O–H groups in total. The number of hydroxylamine groups is 2. The number of hydrogen-bond acceptors (Lipinski definition) is 5. The van der Waals surface area contributed by atoms with Crippen LogP contribution in [-0.2, 0) is 18.5 Å². The SMILES string of the molecule is CCOP(=O)(OCC)C(N(OC(C)C1CCCCC1)C(C)(C)C)C(C)(C)C. The topological polar surface area (TPSA) is 48.0 Å². The second-order valence-corrected chi connectivity index (χ2v) is 11.9. The highest BCUT2D eigenvalue weighted by atomic mass is 31.2. The average Bonchev–Trinajstić information content (AvgIpc) is 2.53. The van der Waals surface area contributed by atoms with Gasteiger partial charge < -0.3 is 9.05 Å². The van der Waals surface area contributed by atoms with Gasteiger partial charge >= 0.3 is 7.60 Å². The third-order valence-electron chi connectivity index (χ3n) is 5.17. The van der Waals surface area contributed by atoms with Crippen LogP contribution >= 0.6 is 7.60 Å². The summed E-state index contributed by atoms with van der Waals surface area (Å²) in [6.07, 6.45) is 6.34. The molecule has 0 radical (unpaired) electrons. The normalized spacial score (nSPS) is 20.1. The molecule has 1 fully saturated rings. The van der Waals surface area contributed by atoms with Gasteiger partial charge in [-0.2, -0.15) is 5.06 Å². The molecule has 2 unspecified atom stereocenters. The molecule has 0 bridgehead atoms. The molecule has 0 aromatic heterocycles. The fourth-order valence-corrected chi connectivity index (χ4v) is 6.63. The van der Waals surface area contributed by atoms with Crippen LogP contribution < -0.4 is 0 Å². The molecule has 162 valence electrons. The van der Waals surface area contributed by atoms with E-state index >= 15 is 0 Å². The molecule has 0 aliphatic heterocycles. The summed E-state index contributed by atoms with van der Waals surface area (Å²) in [5.74, 6) is 0.0544. The number of nitrogens with zero attached hydrogens (tertiary/aromatic N) is 1. The van der Waals surface area contributed by atoms with E-state index in [0.717, 1.165) is 0 Å². The van der Waals surface area contributed by atoms with Gasteiger partial charge in [0.1, 0.15) is 5.78 Å². The fraction of sp³-hybridized carbons (Fsp3) is 1.00. The van der Waals surface area contributed by atoms with Gasteiger partial charge in [-0.3, -0.25) is 9.40 Å². The Morgan fingerprint density at radius 1 is 0.963 bits per heavy atom. The standard InChI is InChI=1S/C21H44NO4P/c1-10-24-27(23,25-11-2)19(20(4,5)6)22(21(7,8)9)26-17(3)18-15-13-12-14-16-18/h17-19H,10-16H2,1-9H3. The van der Waals surface area contributed by atoms with Crippen molar-refractivity contribution < 1.29 is 18.5 Å². The molecule has 1 aliphatic carbocycles. The Bertz CT molecular complexity index is 468. The Morgan fingerprint density at radius 3 is 1.81 bits per heavy atom. The predicted molar refractivity (Wildman–Crippen MR) is 113 cm³/mol. The van der Waals surface area contributed by atoms with E-state index in [2.05, 4.69) is 48.5 Å². The first-order valence-corrected chi connectivity index (χ1v) is 12.3. The molecule has 0 spiro atoms.